The summed E-state index contributed by atoms with van der Waals surface area (Å²) in [4.78, 5) is 31.7. The fraction of sp³-hybridized carbons (Fsp3) is 0.640. The maximum atomic E-state index is 13.5. The molecule has 0 aliphatic carbocycles. The number of benzene rings is 1. The van der Waals surface area contributed by atoms with Crippen LogP contribution in [0.4, 0.5) is 10.5 Å². The van der Waals surface area contributed by atoms with E-state index in [1.165, 1.54) is 13.2 Å². The summed E-state index contributed by atoms with van der Waals surface area (Å²) in [7, 11) is -3.44. The van der Waals surface area contributed by atoms with Crippen molar-refractivity contribution >= 4 is 46.1 Å². The molecule has 4 rings (SSSR count). The molecule has 3 heterocycles. The van der Waals surface area contributed by atoms with E-state index in [1.54, 1.807) is 17.0 Å². The number of nitrogens with zero attached hydrogens (tertiary/aromatic N) is 2. The molecule has 0 radical (unpaired) electrons. The molecule has 0 spiro atoms. The van der Waals surface area contributed by atoms with Crippen molar-refractivity contribution in [1.29, 1.82) is 0 Å². The number of sulfonamides is 1. The number of nitrogens with one attached hydrogen (secondary N) is 2. The molecule has 2 saturated heterocycles. The molecule has 1 aromatic rings. The van der Waals surface area contributed by atoms with Gasteiger partial charge in [-0.1, -0.05) is 26.3 Å². The topological polar surface area (TPSA) is 136 Å². The van der Waals surface area contributed by atoms with E-state index in [-0.39, 0.29) is 28.2 Å². The normalized spacial score (nSPS) is 24.6. The molecule has 0 aromatic heterocycles. The summed E-state index contributed by atoms with van der Waals surface area (Å²) in [6, 6.07) is 3.54. The van der Waals surface area contributed by atoms with Crippen LogP contribution in [-0.4, -0.2) is 75.2 Å². The van der Waals surface area contributed by atoms with Gasteiger partial charge in [-0.15, -0.1) is 0 Å². The highest BCUT2D eigenvalue weighted by molar-refractivity contribution is 7.90. The van der Waals surface area contributed by atoms with Crippen LogP contribution < -0.4 is 15.5 Å². The molecule has 1 unspecified atom stereocenters. The number of alkyl carbamates (subject to hydrolysis) is 1. The van der Waals surface area contributed by atoms with E-state index in [9.17, 15) is 18.0 Å². The van der Waals surface area contributed by atoms with E-state index in [4.69, 9.17) is 14.0 Å². The first-order valence-electron chi connectivity index (χ1n) is 13.0. The van der Waals surface area contributed by atoms with Crippen LogP contribution in [0.3, 0.4) is 0 Å². The highest BCUT2D eigenvalue weighted by Gasteiger charge is 2.52. The number of hydrogen-bond acceptors (Lipinski definition) is 8. The van der Waals surface area contributed by atoms with E-state index in [0.717, 1.165) is 0 Å². The Balaban J connectivity index is 1.62. The monoisotopic (exact) mass is 548 g/mol. The van der Waals surface area contributed by atoms with Gasteiger partial charge in [-0.3, -0.25) is 9.52 Å². The number of methoxy groups -OCH3 is 1. The van der Waals surface area contributed by atoms with E-state index < -0.39 is 46.5 Å². The third-order valence-corrected chi connectivity index (χ3v) is 9.45. The third kappa shape index (κ3) is 5.15. The summed E-state index contributed by atoms with van der Waals surface area (Å²) in [5, 5.41) is 2.64. The minimum atomic E-state index is -3.97. The third-order valence-electron chi connectivity index (χ3n) is 8.07. The summed E-state index contributed by atoms with van der Waals surface area (Å²) in [6.45, 7) is 12.0. The van der Waals surface area contributed by atoms with Gasteiger partial charge < -0.3 is 24.3 Å². The van der Waals surface area contributed by atoms with Crippen LogP contribution in [0, 0.1) is 5.92 Å². The molecular weight excluding hydrogens is 511 g/mol. The number of rotatable bonds is 6. The highest BCUT2D eigenvalue weighted by Crippen LogP contribution is 2.37. The predicted octanol–water partition coefficient (Wildman–Crippen LogP) is 2.07. The standard InChI is InChI=1S/C25H37BN4O7S/c1-8-15(2)20(28-23(32)35-7)22(31)30-13-9-10-18(30)21-27-17-12-11-16(14-19(17)38(33,34)29-21)26-36-24(3,4)25(5,6)37-26/h11-12,14-15,18,20H,8-10,13H2,1-7H3,(H,27,29)(H,28,32)/t15?,18-,20-/m0/s1. The van der Waals surface area contributed by atoms with Crippen LogP contribution in [0.15, 0.2) is 28.1 Å². The Hall–Kier alpha value is -2.64. The van der Waals surface area contributed by atoms with E-state index in [1.807, 2.05) is 41.5 Å². The van der Waals surface area contributed by atoms with Crippen molar-refractivity contribution in [3.63, 3.8) is 0 Å². The van der Waals surface area contributed by atoms with E-state index in [0.29, 0.717) is 31.3 Å². The molecule has 2 amide bonds. The van der Waals surface area contributed by atoms with Crippen molar-refractivity contribution in [3.8, 4) is 0 Å². The number of likely N-dealkylation sites (tertiary alicyclic amines) is 1. The van der Waals surface area contributed by atoms with Crippen molar-refractivity contribution in [2.75, 3.05) is 13.7 Å². The molecule has 13 heteroatoms. The Morgan fingerprint density at radius 2 is 1.92 bits per heavy atom. The second-order valence-corrected chi connectivity index (χ2v) is 12.8. The molecule has 3 aliphatic heterocycles. The Morgan fingerprint density at radius 3 is 2.53 bits per heavy atom. The van der Waals surface area contributed by atoms with Gasteiger partial charge in [0.2, 0.25) is 5.91 Å². The van der Waals surface area contributed by atoms with Crippen molar-refractivity contribution in [2.45, 2.75) is 89.0 Å². The van der Waals surface area contributed by atoms with Crippen LogP contribution in [0.2, 0.25) is 0 Å². The minimum Gasteiger partial charge on any atom is -0.453 e. The molecule has 1 aromatic carbocycles. The number of ether oxygens (including phenoxy) is 1. The molecule has 3 atom stereocenters. The molecule has 208 valence electrons. The van der Waals surface area contributed by atoms with Crippen molar-refractivity contribution < 1.29 is 32.1 Å². The highest BCUT2D eigenvalue weighted by atomic mass is 32.2. The van der Waals surface area contributed by atoms with Gasteiger partial charge in [-0.05, 0) is 64.1 Å². The number of carbonyl (C=O) groups excluding carboxylic acids is 2. The number of aliphatic imine (C=N–C) groups is 1. The summed E-state index contributed by atoms with van der Waals surface area (Å²) in [5.74, 6) is -0.259. The lowest BCUT2D eigenvalue weighted by Crippen LogP contribution is -2.56. The van der Waals surface area contributed by atoms with Crippen molar-refractivity contribution in [3.05, 3.63) is 18.2 Å². The quantitative estimate of drug-likeness (QED) is 0.520. The Bertz CT molecular complexity index is 1230. The lowest BCUT2D eigenvalue weighted by atomic mass is 9.79. The first-order chi connectivity index (χ1) is 17.7. The van der Waals surface area contributed by atoms with Gasteiger partial charge in [0.1, 0.15) is 16.8 Å². The molecule has 11 nitrogen and oxygen atoms in total. The molecule has 3 aliphatic rings. The number of amides is 2. The molecule has 38 heavy (non-hydrogen) atoms. The Morgan fingerprint density at radius 1 is 1.26 bits per heavy atom. The molecular formula is C25H37BN4O7S. The first kappa shape index (κ1) is 28.4. The molecule has 2 N–H and O–H groups in total. The van der Waals surface area contributed by atoms with Gasteiger partial charge in [0.25, 0.3) is 10.0 Å². The molecule has 0 saturated carbocycles. The number of amidine groups is 1. The van der Waals surface area contributed by atoms with Gasteiger partial charge in [0.05, 0.1) is 30.0 Å². The molecule has 0 bridgehead atoms. The number of carbonyl (C=O) groups is 2. The average Bonchev–Trinajstić information content (AvgIpc) is 3.42. The number of fused-ring (bicyclic) bond motifs is 1. The maximum Gasteiger partial charge on any atom is 0.494 e. The second-order valence-electron chi connectivity index (χ2n) is 11.1. The lowest BCUT2D eigenvalue weighted by Gasteiger charge is -2.33. The van der Waals surface area contributed by atoms with Crippen LogP contribution in [0.25, 0.3) is 0 Å². The van der Waals surface area contributed by atoms with Crippen molar-refractivity contribution in [2.24, 2.45) is 10.9 Å². The summed E-state index contributed by atoms with van der Waals surface area (Å²) in [6.07, 6.45) is 1.18. The Labute approximate surface area is 224 Å². The fourth-order valence-corrected chi connectivity index (χ4v) is 6.06. The van der Waals surface area contributed by atoms with Gasteiger partial charge in [0, 0.05) is 6.54 Å². The molecule has 2 fully saturated rings. The van der Waals surface area contributed by atoms with E-state index in [2.05, 4.69) is 15.0 Å². The fourth-order valence-electron chi connectivity index (χ4n) is 4.81. The van der Waals surface area contributed by atoms with Gasteiger partial charge in [0.15, 0.2) is 0 Å². The van der Waals surface area contributed by atoms with Gasteiger partial charge in [-0.25, -0.2) is 18.2 Å². The number of hydrogen-bond donors (Lipinski definition) is 2. The van der Waals surface area contributed by atoms with Gasteiger partial charge in [-0.2, -0.15) is 0 Å². The zero-order chi connectivity index (χ0) is 28.0. The zero-order valence-electron chi connectivity index (χ0n) is 23.0. The smallest absolute Gasteiger partial charge is 0.453 e. The largest absolute Gasteiger partial charge is 0.494 e. The summed E-state index contributed by atoms with van der Waals surface area (Å²) in [5.41, 5.74) is -0.270. The SMILES string of the molecule is CCC(C)[C@H](NC(=O)OC)C(=O)N1CCC[C@H]1C1=Nc2ccc(B3OC(C)(C)C(C)(C)O3)cc2S(=O)(=O)N1. The second kappa shape index (κ2) is 10.2. The van der Waals surface area contributed by atoms with Crippen LogP contribution >= 0.6 is 0 Å². The maximum absolute atomic E-state index is 13.5. The van der Waals surface area contributed by atoms with Crippen LogP contribution in [-0.2, 0) is 28.9 Å². The van der Waals surface area contributed by atoms with Crippen LogP contribution in [0.5, 0.6) is 0 Å². The minimum absolute atomic E-state index is 0.0224. The summed E-state index contributed by atoms with van der Waals surface area (Å²) >= 11 is 0. The summed E-state index contributed by atoms with van der Waals surface area (Å²) < 4.78 is 46.2. The van der Waals surface area contributed by atoms with Gasteiger partial charge >= 0.3 is 13.2 Å². The van der Waals surface area contributed by atoms with Crippen LogP contribution in [0.1, 0.15) is 60.8 Å². The first-order valence-corrected chi connectivity index (χ1v) is 14.4. The van der Waals surface area contributed by atoms with Crippen molar-refractivity contribution in [1.82, 2.24) is 14.9 Å². The van der Waals surface area contributed by atoms with E-state index >= 15 is 0 Å². The lowest BCUT2D eigenvalue weighted by molar-refractivity contribution is -0.134. The Kier molecular flexibility index (Phi) is 7.59. The predicted molar refractivity (Wildman–Crippen MR) is 143 cm³/mol. The zero-order valence-corrected chi connectivity index (χ0v) is 23.8. The average molecular weight is 548 g/mol.